The van der Waals surface area contributed by atoms with E-state index in [0.717, 1.165) is 28.0 Å². The normalized spacial score (nSPS) is 14.2. The lowest BCUT2D eigenvalue weighted by atomic mass is 10.2. The van der Waals surface area contributed by atoms with Gasteiger partial charge in [0.15, 0.2) is 0 Å². The summed E-state index contributed by atoms with van der Waals surface area (Å²) < 4.78 is 6.89. The maximum Gasteiger partial charge on any atom is 0.123 e. The van der Waals surface area contributed by atoms with Crippen molar-refractivity contribution in [3.8, 4) is 5.75 Å². The standard InChI is InChI=1S/C16H17BrN2O/c17-13-3-1-12(2-4-13)11-20-16-7-8-18-15(9-16)10-19-14-5-6-14/h1-4,7-9,14,19H,5-6,10-11H2. The predicted molar refractivity (Wildman–Crippen MR) is 82.6 cm³/mol. The lowest BCUT2D eigenvalue weighted by Gasteiger charge is -2.08. The number of nitrogens with zero attached hydrogens (tertiary/aromatic N) is 1. The van der Waals surface area contributed by atoms with Gasteiger partial charge in [-0.2, -0.15) is 0 Å². The minimum Gasteiger partial charge on any atom is -0.489 e. The van der Waals surface area contributed by atoms with Gasteiger partial charge in [0.05, 0.1) is 5.69 Å². The minimum atomic E-state index is 0.576. The first kappa shape index (κ1) is 13.6. The Morgan fingerprint density at radius 2 is 2.00 bits per heavy atom. The van der Waals surface area contributed by atoms with Crippen LogP contribution in [0.1, 0.15) is 24.1 Å². The highest BCUT2D eigenvalue weighted by Crippen LogP contribution is 2.20. The first-order valence-electron chi connectivity index (χ1n) is 6.85. The summed E-state index contributed by atoms with van der Waals surface area (Å²) in [5, 5.41) is 3.46. The molecule has 0 bridgehead atoms. The third-order valence-corrected chi connectivity index (χ3v) is 3.78. The van der Waals surface area contributed by atoms with Gasteiger partial charge in [0.2, 0.25) is 0 Å². The number of ether oxygens (including phenoxy) is 1. The number of hydrogen-bond acceptors (Lipinski definition) is 3. The predicted octanol–water partition coefficient (Wildman–Crippen LogP) is 3.68. The lowest BCUT2D eigenvalue weighted by Crippen LogP contribution is -2.16. The van der Waals surface area contributed by atoms with Crippen LogP contribution >= 0.6 is 15.9 Å². The van der Waals surface area contributed by atoms with Crippen molar-refractivity contribution in [2.24, 2.45) is 0 Å². The Kier molecular flexibility index (Phi) is 4.33. The van der Waals surface area contributed by atoms with Gasteiger partial charge < -0.3 is 10.1 Å². The first-order valence-corrected chi connectivity index (χ1v) is 7.64. The van der Waals surface area contributed by atoms with Crippen molar-refractivity contribution in [3.63, 3.8) is 0 Å². The van der Waals surface area contributed by atoms with Crippen LogP contribution in [-0.4, -0.2) is 11.0 Å². The SMILES string of the molecule is Brc1ccc(COc2ccnc(CNC3CC3)c2)cc1. The molecule has 0 amide bonds. The van der Waals surface area contributed by atoms with E-state index < -0.39 is 0 Å². The van der Waals surface area contributed by atoms with Crippen LogP contribution < -0.4 is 10.1 Å². The summed E-state index contributed by atoms with van der Waals surface area (Å²) in [6.07, 6.45) is 4.39. The molecule has 1 fully saturated rings. The summed E-state index contributed by atoms with van der Waals surface area (Å²) in [4.78, 5) is 4.36. The topological polar surface area (TPSA) is 34.1 Å². The maximum atomic E-state index is 5.81. The molecule has 104 valence electrons. The molecule has 1 aliphatic rings. The van der Waals surface area contributed by atoms with Crippen molar-refractivity contribution < 1.29 is 4.74 Å². The Morgan fingerprint density at radius 3 is 2.75 bits per heavy atom. The molecule has 1 N–H and O–H groups in total. The van der Waals surface area contributed by atoms with Crippen LogP contribution in [0.5, 0.6) is 5.75 Å². The largest absolute Gasteiger partial charge is 0.489 e. The molecular weight excluding hydrogens is 316 g/mol. The molecule has 20 heavy (non-hydrogen) atoms. The Labute approximate surface area is 127 Å². The smallest absolute Gasteiger partial charge is 0.123 e. The summed E-state index contributed by atoms with van der Waals surface area (Å²) in [7, 11) is 0. The van der Waals surface area contributed by atoms with Crippen LogP contribution in [0.15, 0.2) is 47.1 Å². The number of rotatable bonds is 6. The van der Waals surface area contributed by atoms with Crippen molar-refractivity contribution in [1.82, 2.24) is 10.3 Å². The first-order chi connectivity index (χ1) is 9.79. The van der Waals surface area contributed by atoms with Crippen molar-refractivity contribution >= 4 is 15.9 Å². The van der Waals surface area contributed by atoms with Gasteiger partial charge in [-0.15, -0.1) is 0 Å². The molecule has 0 spiro atoms. The highest BCUT2D eigenvalue weighted by atomic mass is 79.9. The van der Waals surface area contributed by atoms with Crippen LogP contribution in [0.3, 0.4) is 0 Å². The molecule has 0 atom stereocenters. The van der Waals surface area contributed by atoms with Crippen molar-refractivity contribution in [2.45, 2.75) is 32.0 Å². The summed E-state index contributed by atoms with van der Waals surface area (Å²) in [5.41, 5.74) is 2.19. The third-order valence-electron chi connectivity index (χ3n) is 3.26. The van der Waals surface area contributed by atoms with Gasteiger partial charge in [-0.3, -0.25) is 4.98 Å². The number of hydrogen-bond donors (Lipinski definition) is 1. The van der Waals surface area contributed by atoms with Gasteiger partial charge in [0.1, 0.15) is 12.4 Å². The van der Waals surface area contributed by atoms with E-state index in [9.17, 15) is 0 Å². The molecule has 4 heteroatoms. The number of benzene rings is 1. The zero-order valence-corrected chi connectivity index (χ0v) is 12.8. The average Bonchev–Trinajstić information content (AvgIpc) is 3.29. The van der Waals surface area contributed by atoms with Gasteiger partial charge >= 0.3 is 0 Å². The van der Waals surface area contributed by atoms with Gasteiger partial charge in [0.25, 0.3) is 0 Å². The van der Waals surface area contributed by atoms with E-state index in [1.807, 2.05) is 24.3 Å². The fourth-order valence-corrected chi connectivity index (χ4v) is 2.19. The third kappa shape index (κ3) is 4.05. The number of halogens is 1. The summed E-state index contributed by atoms with van der Waals surface area (Å²) >= 11 is 3.43. The molecule has 3 rings (SSSR count). The fraction of sp³-hybridized carbons (Fsp3) is 0.312. The molecule has 1 aromatic carbocycles. The summed E-state index contributed by atoms with van der Waals surface area (Å²) in [6.45, 7) is 1.40. The Balaban J connectivity index is 1.56. The molecule has 2 aromatic rings. The molecule has 0 radical (unpaired) electrons. The van der Waals surface area contributed by atoms with Gasteiger partial charge in [-0.05, 0) is 36.6 Å². The highest BCUT2D eigenvalue weighted by Gasteiger charge is 2.20. The highest BCUT2D eigenvalue weighted by molar-refractivity contribution is 9.10. The van der Waals surface area contributed by atoms with Crippen LogP contribution in [0, 0.1) is 0 Å². The monoisotopic (exact) mass is 332 g/mol. The van der Waals surface area contributed by atoms with E-state index in [-0.39, 0.29) is 0 Å². The van der Waals surface area contributed by atoms with Crippen LogP contribution in [0.25, 0.3) is 0 Å². The molecule has 1 heterocycles. The summed E-state index contributed by atoms with van der Waals surface area (Å²) in [5.74, 6) is 0.871. The summed E-state index contributed by atoms with van der Waals surface area (Å²) in [6, 6.07) is 12.8. The molecule has 0 unspecified atom stereocenters. The van der Waals surface area contributed by atoms with Crippen LogP contribution in [-0.2, 0) is 13.2 Å². The van der Waals surface area contributed by atoms with E-state index in [1.54, 1.807) is 6.20 Å². The van der Waals surface area contributed by atoms with E-state index in [4.69, 9.17) is 4.74 Å². The number of aromatic nitrogens is 1. The second-order valence-corrected chi connectivity index (χ2v) is 5.97. The van der Waals surface area contributed by atoms with Gasteiger partial charge in [0, 0.05) is 29.3 Å². The Hall–Kier alpha value is -1.39. The Bertz CT molecular complexity index is 567. The molecule has 3 nitrogen and oxygen atoms in total. The number of pyridine rings is 1. The molecule has 1 aromatic heterocycles. The maximum absolute atomic E-state index is 5.81. The van der Waals surface area contributed by atoms with E-state index >= 15 is 0 Å². The van der Waals surface area contributed by atoms with Crippen LogP contribution in [0.4, 0.5) is 0 Å². The van der Waals surface area contributed by atoms with Gasteiger partial charge in [-0.1, -0.05) is 28.1 Å². The number of nitrogens with one attached hydrogen (secondary N) is 1. The quantitative estimate of drug-likeness (QED) is 0.876. The minimum absolute atomic E-state index is 0.576. The molecule has 0 aliphatic heterocycles. The zero-order chi connectivity index (χ0) is 13.8. The molecular formula is C16H17BrN2O. The van der Waals surface area contributed by atoms with E-state index in [1.165, 1.54) is 12.8 Å². The molecule has 1 aliphatic carbocycles. The lowest BCUT2D eigenvalue weighted by molar-refractivity contribution is 0.305. The van der Waals surface area contributed by atoms with Crippen molar-refractivity contribution in [1.29, 1.82) is 0 Å². The van der Waals surface area contributed by atoms with Gasteiger partial charge in [-0.25, -0.2) is 0 Å². The second-order valence-electron chi connectivity index (χ2n) is 5.05. The van der Waals surface area contributed by atoms with E-state index in [0.29, 0.717) is 12.6 Å². The van der Waals surface area contributed by atoms with Crippen molar-refractivity contribution in [2.75, 3.05) is 0 Å². The fourth-order valence-electron chi connectivity index (χ4n) is 1.93. The second kappa shape index (κ2) is 6.37. The average molecular weight is 333 g/mol. The Morgan fingerprint density at radius 1 is 1.20 bits per heavy atom. The zero-order valence-electron chi connectivity index (χ0n) is 11.2. The van der Waals surface area contributed by atoms with E-state index in [2.05, 4.69) is 38.4 Å². The van der Waals surface area contributed by atoms with Crippen molar-refractivity contribution in [3.05, 3.63) is 58.3 Å². The molecule has 0 saturated heterocycles. The van der Waals surface area contributed by atoms with Crippen LogP contribution in [0.2, 0.25) is 0 Å². The molecule has 1 saturated carbocycles.